The molecule has 2 aliphatic heterocycles. The van der Waals surface area contributed by atoms with Gasteiger partial charge in [0.2, 0.25) is 0 Å². The van der Waals surface area contributed by atoms with E-state index in [0.717, 1.165) is 18.5 Å². The zero-order valence-corrected chi connectivity index (χ0v) is 11.2. The molecule has 3 aliphatic rings. The van der Waals surface area contributed by atoms with Crippen molar-refractivity contribution in [2.45, 2.75) is 50.1 Å². The number of nitrogens with zero attached hydrogens (tertiary/aromatic N) is 2. The van der Waals surface area contributed by atoms with Crippen LogP contribution in [0.25, 0.3) is 0 Å². The molecule has 0 radical (unpaired) electrons. The molecule has 0 bridgehead atoms. The van der Waals surface area contributed by atoms with Crippen molar-refractivity contribution >= 4 is 0 Å². The van der Waals surface area contributed by atoms with Crippen molar-refractivity contribution < 1.29 is 0 Å². The lowest BCUT2D eigenvalue weighted by Gasteiger charge is -2.46. The summed E-state index contributed by atoms with van der Waals surface area (Å²) in [4.78, 5) is 5.33. The molecule has 1 saturated carbocycles. The predicted molar refractivity (Wildman–Crippen MR) is 71.0 cm³/mol. The molecule has 2 unspecified atom stereocenters. The van der Waals surface area contributed by atoms with Gasteiger partial charge in [0.15, 0.2) is 0 Å². The van der Waals surface area contributed by atoms with Gasteiger partial charge in [0.05, 0.1) is 0 Å². The number of hydrogen-bond donors (Lipinski definition) is 1. The minimum absolute atomic E-state index is 0.295. The number of likely N-dealkylation sites (N-methyl/N-ethyl adjacent to an activating group) is 1. The van der Waals surface area contributed by atoms with E-state index in [0.29, 0.717) is 5.54 Å². The summed E-state index contributed by atoms with van der Waals surface area (Å²) >= 11 is 0. The predicted octanol–water partition coefficient (Wildman–Crippen LogP) is 1.28. The maximum absolute atomic E-state index is 6.20. The lowest BCUT2D eigenvalue weighted by molar-refractivity contribution is 0.0533. The molecular weight excluding hydrogens is 210 g/mol. The van der Waals surface area contributed by atoms with E-state index < -0.39 is 0 Å². The first-order valence-electron chi connectivity index (χ1n) is 7.41. The summed E-state index contributed by atoms with van der Waals surface area (Å²) in [5.41, 5.74) is 6.50. The fraction of sp³-hybridized carbons (Fsp3) is 1.00. The second kappa shape index (κ2) is 4.52. The maximum atomic E-state index is 6.20. The molecule has 2 saturated heterocycles. The molecule has 0 aromatic rings. The molecule has 3 rings (SSSR count). The van der Waals surface area contributed by atoms with E-state index in [9.17, 15) is 0 Å². The van der Waals surface area contributed by atoms with Crippen LogP contribution in [0.3, 0.4) is 0 Å². The summed E-state index contributed by atoms with van der Waals surface area (Å²) in [7, 11) is 2.32. The molecule has 98 valence electrons. The molecule has 2 atom stereocenters. The van der Waals surface area contributed by atoms with E-state index in [-0.39, 0.29) is 0 Å². The van der Waals surface area contributed by atoms with Gasteiger partial charge in [0, 0.05) is 31.2 Å². The van der Waals surface area contributed by atoms with Crippen molar-refractivity contribution in [2.75, 3.05) is 33.2 Å². The third-order valence-electron chi connectivity index (χ3n) is 5.41. The first-order valence-corrected chi connectivity index (χ1v) is 7.41. The van der Waals surface area contributed by atoms with Gasteiger partial charge in [-0.05, 0) is 51.6 Å². The van der Waals surface area contributed by atoms with Gasteiger partial charge in [-0.3, -0.25) is 9.80 Å². The average Bonchev–Trinajstić information content (AvgIpc) is 3.09. The van der Waals surface area contributed by atoms with Crippen LogP contribution in [-0.4, -0.2) is 54.6 Å². The Labute approximate surface area is 105 Å². The smallest absolute Gasteiger partial charge is 0.0496 e. The standard InChI is InChI=1S/C14H27N3/c1-16(10-12-5-6-12)14(11-15)7-9-17-8-3-2-4-13(14)17/h12-13H,2-11,15H2,1H3. The van der Waals surface area contributed by atoms with Gasteiger partial charge in [-0.2, -0.15) is 0 Å². The molecule has 17 heavy (non-hydrogen) atoms. The van der Waals surface area contributed by atoms with Crippen molar-refractivity contribution in [2.24, 2.45) is 11.7 Å². The van der Waals surface area contributed by atoms with Gasteiger partial charge >= 0.3 is 0 Å². The SMILES string of the molecule is CN(CC1CC1)C1(CN)CCN2CCCCC21. The van der Waals surface area contributed by atoms with E-state index >= 15 is 0 Å². The van der Waals surface area contributed by atoms with Gasteiger partial charge in [-0.25, -0.2) is 0 Å². The maximum Gasteiger partial charge on any atom is 0.0496 e. The highest BCUT2D eigenvalue weighted by atomic mass is 15.3. The van der Waals surface area contributed by atoms with E-state index in [4.69, 9.17) is 5.73 Å². The summed E-state index contributed by atoms with van der Waals surface area (Å²) in [5, 5.41) is 0. The Morgan fingerprint density at radius 1 is 1.24 bits per heavy atom. The van der Waals surface area contributed by atoms with Gasteiger partial charge in [0.1, 0.15) is 0 Å². The molecule has 1 aliphatic carbocycles. The molecule has 0 aromatic heterocycles. The molecule has 0 spiro atoms. The monoisotopic (exact) mass is 237 g/mol. The first kappa shape index (κ1) is 11.9. The topological polar surface area (TPSA) is 32.5 Å². The van der Waals surface area contributed by atoms with Crippen LogP contribution in [0, 0.1) is 5.92 Å². The van der Waals surface area contributed by atoms with Crippen molar-refractivity contribution in [3.63, 3.8) is 0 Å². The van der Waals surface area contributed by atoms with Crippen LogP contribution in [0.15, 0.2) is 0 Å². The van der Waals surface area contributed by atoms with Crippen LogP contribution in [0.5, 0.6) is 0 Å². The van der Waals surface area contributed by atoms with Crippen LogP contribution < -0.4 is 5.73 Å². The van der Waals surface area contributed by atoms with E-state index in [1.54, 1.807) is 0 Å². The second-order valence-corrected chi connectivity index (χ2v) is 6.43. The Balaban J connectivity index is 1.75. The molecule has 2 N–H and O–H groups in total. The lowest BCUT2D eigenvalue weighted by atomic mass is 9.84. The molecule has 2 heterocycles. The number of hydrogen-bond acceptors (Lipinski definition) is 3. The third-order valence-corrected chi connectivity index (χ3v) is 5.41. The molecule has 3 heteroatoms. The minimum atomic E-state index is 0.295. The summed E-state index contributed by atoms with van der Waals surface area (Å²) < 4.78 is 0. The summed E-state index contributed by atoms with van der Waals surface area (Å²) in [5.74, 6) is 0.973. The quantitative estimate of drug-likeness (QED) is 0.799. The van der Waals surface area contributed by atoms with E-state index in [1.165, 1.54) is 58.2 Å². The van der Waals surface area contributed by atoms with Gasteiger partial charge in [-0.1, -0.05) is 6.42 Å². The molecule has 3 fully saturated rings. The van der Waals surface area contributed by atoms with Crippen LogP contribution in [0.2, 0.25) is 0 Å². The molecule has 3 nitrogen and oxygen atoms in total. The Hall–Kier alpha value is -0.120. The molecule has 0 amide bonds. The van der Waals surface area contributed by atoms with Crippen LogP contribution >= 0.6 is 0 Å². The van der Waals surface area contributed by atoms with Crippen molar-refractivity contribution in [3.05, 3.63) is 0 Å². The molecule has 0 aromatic carbocycles. The highest BCUT2D eigenvalue weighted by Gasteiger charge is 2.50. The zero-order chi connectivity index (χ0) is 11.9. The summed E-state index contributed by atoms with van der Waals surface area (Å²) in [6, 6.07) is 0.741. The lowest BCUT2D eigenvalue weighted by Crippen LogP contribution is -2.60. The number of fused-ring (bicyclic) bond motifs is 1. The first-order chi connectivity index (χ1) is 8.26. The summed E-state index contributed by atoms with van der Waals surface area (Å²) in [6.07, 6.45) is 8.34. The zero-order valence-electron chi connectivity index (χ0n) is 11.2. The fourth-order valence-corrected chi connectivity index (χ4v) is 4.08. The Morgan fingerprint density at radius 2 is 2.06 bits per heavy atom. The number of piperidine rings is 1. The number of rotatable bonds is 4. The van der Waals surface area contributed by atoms with Crippen LogP contribution in [-0.2, 0) is 0 Å². The van der Waals surface area contributed by atoms with Crippen molar-refractivity contribution in [1.82, 2.24) is 9.80 Å². The fourth-order valence-electron chi connectivity index (χ4n) is 4.08. The van der Waals surface area contributed by atoms with Crippen molar-refractivity contribution in [1.29, 1.82) is 0 Å². The van der Waals surface area contributed by atoms with Crippen molar-refractivity contribution in [3.8, 4) is 0 Å². The van der Waals surface area contributed by atoms with Gasteiger partial charge < -0.3 is 5.73 Å². The normalized spacial score (nSPS) is 38.6. The van der Waals surface area contributed by atoms with E-state index in [1.807, 2.05) is 0 Å². The average molecular weight is 237 g/mol. The summed E-state index contributed by atoms with van der Waals surface area (Å²) in [6.45, 7) is 4.71. The minimum Gasteiger partial charge on any atom is -0.329 e. The van der Waals surface area contributed by atoms with Crippen LogP contribution in [0.4, 0.5) is 0 Å². The molecular formula is C14H27N3. The van der Waals surface area contributed by atoms with Gasteiger partial charge in [-0.15, -0.1) is 0 Å². The largest absolute Gasteiger partial charge is 0.329 e. The van der Waals surface area contributed by atoms with E-state index in [2.05, 4.69) is 16.8 Å². The second-order valence-electron chi connectivity index (χ2n) is 6.43. The highest BCUT2D eigenvalue weighted by Crippen LogP contribution is 2.40. The van der Waals surface area contributed by atoms with Crippen LogP contribution in [0.1, 0.15) is 38.5 Å². The number of nitrogens with two attached hydrogens (primary N) is 1. The Kier molecular flexibility index (Phi) is 3.18. The highest BCUT2D eigenvalue weighted by molar-refractivity contribution is 5.08. The Morgan fingerprint density at radius 3 is 2.76 bits per heavy atom. The van der Waals surface area contributed by atoms with Gasteiger partial charge in [0.25, 0.3) is 0 Å². The third kappa shape index (κ3) is 2.02. The Bertz CT molecular complexity index is 277.